The van der Waals surface area contributed by atoms with Gasteiger partial charge in [-0.05, 0) is 42.9 Å². The molecule has 1 aromatic carbocycles. The minimum absolute atomic E-state index is 0.0210. The molecule has 2 amide bonds. The Morgan fingerprint density at radius 1 is 1.33 bits per heavy atom. The molecule has 0 aromatic heterocycles. The Kier molecular flexibility index (Phi) is 5.41. The lowest BCUT2D eigenvalue weighted by atomic mass is 10.0. The monoisotopic (exact) mass is 387 g/mol. The quantitative estimate of drug-likeness (QED) is 0.681. The van der Waals surface area contributed by atoms with Crippen LogP contribution in [-0.4, -0.2) is 24.0 Å². The Hall–Kier alpha value is -2.16. The lowest BCUT2D eigenvalue weighted by molar-refractivity contribution is -0.140. The molecule has 1 saturated carbocycles. The molecule has 1 aliphatic carbocycles. The molecule has 2 fully saturated rings. The third-order valence-corrected chi connectivity index (χ3v) is 4.92. The Bertz CT molecular complexity index is 734. The summed E-state index contributed by atoms with van der Waals surface area (Å²) in [6, 6.07) is 1.26. The summed E-state index contributed by atoms with van der Waals surface area (Å²) in [7, 11) is 0. The first kappa shape index (κ1) is 19.6. The van der Waals surface area contributed by atoms with Crippen LogP contribution in [0.1, 0.15) is 49.8 Å². The second-order valence-electron chi connectivity index (χ2n) is 7.01. The van der Waals surface area contributed by atoms with Gasteiger partial charge in [-0.25, -0.2) is 4.39 Å². The number of benzene rings is 1. The van der Waals surface area contributed by atoms with Gasteiger partial charge in [0.15, 0.2) is 0 Å². The number of halogens is 4. The fraction of sp³-hybridized carbons (Fsp3) is 0.556. The van der Waals surface area contributed by atoms with Crippen molar-refractivity contribution in [1.82, 2.24) is 16.0 Å². The van der Waals surface area contributed by atoms with Crippen molar-refractivity contribution in [3.63, 3.8) is 0 Å². The Morgan fingerprint density at radius 2 is 2.04 bits per heavy atom. The fourth-order valence-corrected chi connectivity index (χ4v) is 3.26. The Morgan fingerprint density at radius 3 is 2.59 bits per heavy atom. The van der Waals surface area contributed by atoms with Gasteiger partial charge in [-0.15, -0.1) is 0 Å². The topological polar surface area (TPSA) is 70.2 Å². The molecule has 1 aromatic rings. The van der Waals surface area contributed by atoms with Crippen molar-refractivity contribution in [1.29, 1.82) is 0 Å². The maximum atomic E-state index is 13.8. The predicted octanol–water partition coefficient (Wildman–Crippen LogP) is 2.63. The summed E-state index contributed by atoms with van der Waals surface area (Å²) < 4.78 is 51.9. The maximum absolute atomic E-state index is 13.8. The Labute approximate surface area is 153 Å². The molecule has 2 unspecified atom stereocenters. The molecule has 0 bridgehead atoms. The molecule has 1 heterocycles. The van der Waals surface area contributed by atoms with Crippen LogP contribution >= 0.6 is 0 Å². The van der Waals surface area contributed by atoms with Gasteiger partial charge in [0.05, 0.1) is 30.2 Å². The summed E-state index contributed by atoms with van der Waals surface area (Å²) in [5, 5.41) is 8.61. The number of amides is 2. The molecule has 3 atom stereocenters. The van der Waals surface area contributed by atoms with E-state index in [9.17, 15) is 27.2 Å². The van der Waals surface area contributed by atoms with Gasteiger partial charge < -0.3 is 10.6 Å². The van der Waals surface area contributed by atoms with Crippen molar-refractivity contribution in [2.75, 3.05) is 0 Å². The van der Waals surface area contributed by atoms with Crippen molar-refractivity contribution in [2.45, 2.75) is 57.0 Å². The normalized spacial score (nSPS) is 24.3. The molecule has 1 saturated heterocycles. The van der Waals surface area contributed by atoms with E-state index in [0.29, 0.717) is 18.4 Å². The van der Waals surface area contributed by atoms with Crippen LogP contribution in [0.25, 0.3) is 0 Å². The number of alkyl halides is 3. The summed E-state index contributed by atoms with van der Waals surface area (Å²) >= 11 is 0. The minimum Gasteiger partial charge on any atom is -0.348 e. The number of carbonyl (C=O) groups is 2. The zero-order valence-corrected chi connectivity index (χ0v) is 14.7. The second kappa shape index (κ2) is 7.46. The number of carbonyl (C=O) groups excluding carboxylic acids is 2. The van der Waals surface area contributed by atoms with Crippen molar-refractivity contribution in [3.8, 4) is 0 Å². The molecule has 2 aliphatic rings. The first-order valence-electron chi connectivity index (χ1n) is 8.91. The first-order chi connectivity index (χ1) is 12.7. The standard InChI is InChI=1S/C18H21F4N3O2/c1-2-13(10-5-6-11(12(19)7-10)18(20,21)22)24-17(27)14-8-15(26)25-16(23-14)9-3-4-9/h5-7,9,13-14,16,23H,2-4,8H2,1H3,(H,24,27)(H,25,26)/t13-,14?,16?/m1/s1. The first-order valence-corrected chi connectivity index (χ1v) is 8.91. The summed E-state index contributed by atoms with van der Waals surface area (Å²) in [5.41, 5.74) is -1.10. The molecule has 5 nitrogen and oxygen atoms in total. The molecule has 1 aliphatic heterocycles. The van der Waals surface area contributed by atoms with Gasteiger partial charge in [-0.2, -0.15) is 13.2 Å². The number of hydrogen-bond acceptors (Lipinski definition) is 3. The van der Waals surface area contributed by atoms with E-state index in [4.69, 9.17) is 0 Å². The molecule has 3 N–H and O–H groups in total. The van der Waals surface area contributed by atoms with E-state index in [-0.39, 0.29) is 24.1 Å². The van der Waals surface area contributed by atoms with Gasteiger partial charge in [0, 0.05) is 0 Å². The molecule has 0 radical (unpaired) electrons. The van der Waals surface area contributed by atoms with Gasteiger partial charge >= 0.3 is 6.18 Å². The van der Waals surface area contributed by atoms with Crippen molar-refractivity contribution >= 4 is 11.8 Å². The van der Waals surface area contributed by atoms with Crippen LogP contribution in [0, 0.1) is 11.7 Å². The highest BCUT2D eigenvalue weighted by Crippen LogP contribution is 2.34. The average molecular weight is 387 g/mol. The molecule has 9 heteroatoms. The number of hydrogen-bond donors (Lipinski definition) is 3. The zero-order chi connectivity index (χ0) is 19.8. The van der Waals surface area contributed by atoms with Gasteiger partial charge in [0.25, 0.3) is 0 Å². The smallest absolute Gasteiger partial charge is 0.348 e. The highest BCUT2D eigenvalue weighted by molar-refractivity contribution is 5.89. The summed E-state index contributed by atoms with van der Waals surface area (Å²) in [4.78, 5) is 24.4. The third-order valence-electron chi connectivity index (χ3n) is 4.92. The van der Waals surface area contributed by atoms with Crippen molar-refractivity contribution < 1.29 is 27.2 Å². The largest absolute Gasteiger partial charge is 0.419 e. The molecule has 27 heavy (non-hydrogen) atoms. The maximum Gasteiger partial charge on any atom is 0.419 e. The summed E-state index contributed by atoms with van der Waals surface area (Å²) in [6.45, 7) is 1.73. The molecular weight excluding hydrogens is 366 g/mol. The third kappa shape index (κ3) is 4.58. The minimum atomic E-state index is -4.77. The van der Waals surface area contributed by atoms with Crippen LogP contribution in [0.15, 0.2) is 18.2 Å². The SMILES string of the molecule is CC[C@@H](NC(=O)C1CC(=O)NC(C2CC2)N1)c1ccc(C(F)(F)F)c(F)c1. The van der Waals surface area contributed by atoms with E-state index in [1.807, 2.05) is 0 Å². The highest BCUT2D eigenvalue weighted by atomic mass is 19.4. The van der Waals surface area contributed by atoms with E-state index in [0.717, 1.165) is 25.0 Å². The van der Waals surface area contributed by atoms with Crippen LogP contribution in [-0.2, 0) is 15.8 Å². The van der Waals surface area contributed by atoms with Gasteiger partial charge in [0.1, 0.15) is 5.82 Å². The van der Waals surface area contributed by atoms with E-state index < -0.39 is 35.5 Å². The van der Waals surface area contributed by atoms with Crippen LogP contribution in [0.4, 0.5) is 17.6 Å². The van der Waals surface area contributed by atoms with Crippen LogP contribution in [0.5, 0.6) is 0 Å². The second-order valence-corrected chi connectivity index (χ2v) is 7.01. The molecular formula is C18H21F4N3O2. The predicted molar refractivity (Wildman–Crippen MR) is 88.8 cm³/mol. The van der Waals surface area contributed by atoms with Crippen LogP contribution < -0.4 is 16.0 Å². The van der Waals surface area contributed by atoms with E-state index in [1.54, 1.807) is 6.92 Å². The average Bonchev–Trinajstić information content (AvgIpc) is 3.42. The zero-order valence-electron chi connectivity index (χ0n) is 14.7. The highest BCUT2D eigenvalue weighted by Gasteiger charge is 2.39. The molecule has 0 spiro atoms. The Balaban J connectivity index is 1.70. The van der Waals surface area contributed by atoms with E-state index in [2.05, 4.69) is 16.0 Å². The van der Waals surface area contributed by atoms with E-state index >= 15 is 0 Å². The fourth-order valence-electron chi connectivity index (χ4n) is 3.26. The number of rotatable bonds is 5. The lowest BCUT2D eigenvalue weighted by Gasteiger charge is -2.32. The molecule has 3 rings (SSSR count). The summed E-state index contributed by atoms with van der Waals surface area (Å²) in [5.74, 6) is -1.71. The lowest BCUT2D eigenvalue weighted by Crippen LogP contribution is -2.61. The van der Waals surface area contributed by atoms with Crippen LogP contribution in [0.3, 0.4) is 0 Å². The van der Waals surface area contributed by atoms with Gasteiger partial charge in [0.2, 0.25) is 11.8 Å². The van der Waals surface area contributed by atoms with Gasteiger partial charge in [-0.3, -0.25) is 14.9 Å². The van der Waals surface area contributed by atoms with E-state index in [1.165, 1.54) is 0 Å². The molecule has 148 valence electrons. The number of nitrogens with one attached hydrogen (secondary N) is 3. The van der Waals surface area contributed by atoms with Crippen molar-refractivity contribution in [3.05, 3.63) is 35.1 Å². The van der Waals surface area contributed by atoms with Gasteiger partial charge in [-0.1, -0.05) is 13.0 Å². The van der Waals surface area contributed by atoms with Crippen LogP contribution in [0.2, 0.25) is 0 Å². The summed E-state index contributed by atoms with van der Waals surface area (Å²) in [6.07, 6.45) is -2.71. The van der Waals surface area contributed by atoms with Crippen molar-refractivity contribution in [2.24, 2.45) is 5.92 Å².